The van der Waals surface area contributed by atoms with Crippen molar-refractivity contribution in [1.29, 1.82) is 0 Å². The molecule has 0 radical (unpaired) electrons. The molecule has 0 saturated heterocycles. The Balaban J connectivity index is 2.57. The summed E-state index contributed by atoms with van der Waals surface area (Å²) in [5.74, 6) is 0.918. The normalized spacial score (nSPS) is 15.6. The van der Waals surface area contributed by atoms with Gasteiger partial charge in [-0.3, -0.25) is 4.90 Å². The summed E-state index contributed by atoms with van der Waals surface area (Å²) in [5, 5.41) is 0. The molecule has 2 rings (SSSR count). The first-order valence-electron chi connectivity index (χ1n) is 10.2. The molecule has 156 valence electrons. The highest BCUT2D eigenvalue weighted by Crippen LogP contribution is 2.39. The Morgan fingerprint density at radius 3 is 2.21 bits per heavy atom. The average molecular weight is 392 g/mol. The van der Waals surface area contributed by atoms with Crippen molar-refractivity contribution in [2.75, 3.05) is 19.0 Å². The maximum atomic E-state index is 4.36. The molecule has 1 aliphatic heterocycles. The van der Waals surface area contributed by atoms with Crippen LogP contribution in [0.2, 0.25) is 0 Å². The van der Waals surface area contributed by atoms with Gasteiger partial charge in [-0.1, -0.05) is 25.8 Å². The van der Waals surface area contributed by atoms with Crippen LogP contribution in [-0.2, 0) is 0 Å². The number of nitrogens with zero attached hydrogens (tertiary/aromatic N) is 3. The molecule has 0 spiro atoms. The number of hydrogen-bond acceptors (Lipinski definition) is 3. The maximum Gasteiger partial charge on any atom is 0.110 e. The molecule has 0 N–H and O–H groups in total. The SMILES string of the molecule is C=C1C(C)=C(C)N(C)C(=C)N1c1cc(C(C)=CC(=C)N(C)C(C)C)c(C)cc1C. The van der Waals surface area contributed by atoms with E-state index in [9.17, 15) is 0 Å². The van der Waals surface area contributed by atoms with Crippen LogP contribution < -0.4 is 4.90 Å². The Bertz CT molecular complexity index is 928. The molecular formula is C26H37N3. The molecule has 1 heterocycles. The Hall–Kier alpha value is -2.68. The summed E-state index contributed by atoms with van der Waals surface area (Å²) in [7, 11) is 4.14. The van der Waals surface area contributed by atoms with Gasteiger partial charge < -0.3 is 9.80 Å². The summed E-state index contributed by atoms with van der Waals surface area (Å²) < 4.78 is 0. The second-order valence-corrected chi connectivity index (χ2v) is 8.44. The Kier molecular flexibility index (Phi) is 6.52. The summed E-state index contributed by atoms with van der Waals surface area (Å²) in [6, 6.07) is 4.92. The number of rotatable bonds is 5. The first-order valence-corrected chi connectivity index (χ1v) is 10.2. The van der Waals surface area contributed by atoms with Crippen LogP contribution in [0.1, 0.15) is 51.3 Å². The molecule has 0 unspecified atom stereocenters. The van der Waals surface area contributed by atoms with Crippen LogP contribution in [0.4, 0.5) is 5.69 Å². The highest BCUT2D eigenvalue weighted by molar-refractivity contribution is 5.76. The molecule has 0 aliphatic carbocycles. The van der Waals surface area contributed by atoms with Crippen molar-refractivity contribution in [3.05, 3.63) is 83.1 Å². The van der Waals surface area contributed by atoms with E-state index in [0.717, 1.165) is 22.9 Å². The molecule has 0 saturated carbocycles. The molecule has 1 aliphatic rings. The molecule has 0 atom stereocenters. The summed E-state index contributed by atoms with van der Waals surface area (Å²) in [4.78, 5) is 6.49. The van der Waals surface area contributed by atoms with Crippen LogP contribution in [-0.4, -0.2) is 29.9 Å². The fraction of sp³-hybridized carbons (Fsp3) is 0.385. The quantitative estimate of drug-likeness (QED) is 0.524. The smallest absolute Gasteiger partial charge is 0.110 e. The molecule has 3 heteroatoms. The van der Waals surface area contributed by atoms with Crippen LogP contribution in [0.5, 0.6) is 0 Å². The molecule has 1 aromatic carbocycles. The summed E-state index contributed by atoms with van der Waals surface area (Å²) in [6.07, 6.45) is 2.17. The van der Waals surface area contributed by atoms with Crippen molar-refractivity contribution in [2.45, 2.75) is 54.5 Å². The third-order valence-corrected chi connectivity index (χ3v) is 6.21. The van der Waals surface area contributed by atoms with Crippen LogP contribution in [0.15, 0.2) is 66.4 Å². The van der Waals surface area contributed by atoms with Gasteiger partial charge in [-0.15, -0.1) is 0 Å². The predicted molar refractivity (Wildman–Crippen MR) is 129 cm³/mol. The zero-order valence-corrected chi connectivity index (χ0v) is 19.8. The highest BCUT2D eigenvalue weighted by atomic mass is 15.3. The van der Waals surface area contributed by atoms with Gasteiger partial charge in [0.1, 0.15) is 5.82 Å². The average Bonchev–Trinajstić information content (AvgIpc) is 2.65. The van der Waals surface area contributed by atoms with Gasteiger partial charge in [0.05, 0.1) is 5.69 Å². The van der Waals surface area contributed by atoms with E-state index >= 15 is 0 Å². The van der Waals surface area contributed by atoms with Crippen LogP contribution in [0, 0.1) is 13.8 Å². The predicted octanol–water partition coefficient (Wildman–Crippen LogP) is 6.59. The first-order chi connectivity index (χ1) is 13.4. The standard InChI is InChI=1S/C26H37N3/c1-16(2)27(11)20(6)14-18(4)25-15-26(19(5)13-17(25)3)29-23(9)21(7)22(8)28(12)24(29)10/h13-16H,6,9-10H2,1-5,7-8,11-12H3. The minimum atomic E-state index is 0.412. The molecular weight excluding hydrogens is 354 g/mol. The van der Waals surface area contributed by atoms with Crippen molar-refractivity contribution in [2.24, 2.45) is 0 Å². The zero-order valence-electron chi connectivity index (χ0n) is 19.8. The lowest BCUT2D eigenvalue weighted by Gasteiger charge is -2.41. The van der Waals surface area contributed by atoms with Gasteiger partial charge in [0.15, 0.2) is 0 Å². The molecule has 0 amide bonds. The number of allylic oxidation sites excluding steroid dienone is 4. The van der Waals surface area contributed by atoms with Crippen molar-refractivity contribution >= 4 is 11.3 Å². The van der Waals surface area contributed by atoms with E-state index in [1.807, 2.05) is 0 Å². The van der Waals surface area contributed by atoms with Crippen molar-refractivity contribution in [3.63, 3.8) is 0 Å². The van der Waals surface area contributed by atoms with Crippen LogP contribution in [0.25, 0.3) is 5.57 Å². The minimum Gasteiger partial charge on any atom is -0.373 e. The van der Waals surface area contributed by atoms with Gasteiger partial charge in [-0.05, 0) is 88.4 Å². The summed E-state index contributed by atoms with van der Waals surface area (Å²) in [6.45, 7) is 28.0. The number of likely N-dealkylation sites (N-methyl/N-ethyl adjacent to an activating group) is 1. The Morgan fingerprint density at radius 2 is 1.66 bits per heavy atom. The fourth-order valence-corrected chi connectivity index (χ4v) is 3.68. The maximum absolute atomic E-state index is 4.36. The number of benzene rings is 1. The van der Waals surface area contributed by atoms with Crippen LogP contribution >= 0.6 is 0 Å². The third-order valence-electron chi connectivity index (χ3n) is 6.21. The van der Waals surface area contributed by atoms with Crippen molar-refractivity contribution < 1.29 is 0 Å². The minimum absolute atomic E-state index is 0.412. The molecule has 0 bridgehead atoms. The van der Waals surface area contributed by atoms with E-state index in [2.05, 4.69) is 115 Å². The lowest BCUT2D eigenvalue weighted by Crippen LogP contribution is -2.36. The number of aryl methyl sites for hydroxylation is 2. The second kappa shape index (κ2) is 8.36. The third kappa shape index (κ3) is 4.19. The van der Waals surface area contributed by atoms with E-state index in [0.29, 0.717) is 6.04 Å². The van der Waals surface area contributed by atoms with Crippen molar-refractivity contribution in [3.8, 4) is 0 Å². The fourth-order valence-electron chi connectivity index (χ4n) is 3.68. The Labute approximate surface area is 178 Å². The lowest BCUT2D eigenvalue weighted by molar-refractivity contribution is 0.356. The second-order valence-electron chi connectivity index (χ2n) is 8.44. The highest BCUT2D eigenvalue weighted by Gasteiger charge is 2.27. The summed E-state index contributed by atoms with van der Waals surface area (Å²) in [5.41, 5.74) is 10.4. The van der Waals surface area contributed by atoms with E-state index in [1.165, 1.54) is 33.5 Å². The van der Waals surface area contributed by atoms with Gasteiger partial charge in [-0.25, -0.2) is 0 Å². The lowest BCUT2D eigenvalue weighted by atomic mass is 9.96. The van der Waals surface area contributed by atoms with Gasteiger partial charge in [-0.2, -0.15) is 0 Å². The van der Waals surface area contributed by atoms with E-state index in [-0.39, 0.29) is 0 Å². The molecule has 0 aromatic heterocycles. The summed E-state index contributed by atoms with van der Waals surface area (Å²) >= 11 is 0. The van der Waals surface area contributed by atoms with Gasteiger partial charge >= 0.3 is 0 Å². The number of anilines is 1. The number of hydrogen-bond donors (Lipinski definition) is 0. The topological polar surface area (TPSA) is 9.72 Å². The van der Waals surface area contributed by atoms with Gasteiger partial charge in [0.2, 0.25) is 0 Å². The van der Waals surface area contributed by atoms with Gasteiger partial charge in [0.25, 0.3) is 0 Å². The Morgan fingerprint density at radius 1 is 1.07 bits per heavy atom. The molecule has 0 fully saturated rings. The van der Waals surface area contributed by atoms with Crippen molar-refractivity contribution in [1.82, 2.24) is 9.80 Å². The van der Waals surface area contributed by atoms with E-state index in [4.69, 9.17) is 0 Å². The first kappa shape index (κ1) is 22.6. The monoisotopic (exact) mass is 391 g/mol. The van der Waals surface area contributed by atoms with Gasteiger partial charge in [0, 0.05) is 37.2 Å². The molecule has 29 heavy (non-hydrogen) atoms. The zero-order chi connectivity index (χ0) is 22.2. The van der Waals surface area contributed by atoms with E-state index < -0.39 is 0 Å². The van der Waals surface area contributed by atoms with Crippen LogP contribution in [0.3, 0.4) is 0 Å². The van der Waals surface area contributed by atoms with E-state index in [1.54, 1.807) is 0 Å². The molecule has 3 nitrogen and oxygen atoms in total. The molecule has 1 aromatic rings. The largest absolute Gasteiger partial charge is 0.373 e.